The van der Waals surface area contributed by atoms with Gasteiger partial charge in [0.2, 0.25) is 0 Å². The molecule has 0 saturated carbocycles. The molecular formula is C16H25N. The highest BCUT2D eigenvalue weighted by Crippen LogP contribution is 2.17. The van der Waals surface area contributed by atoms with Crippen LogP contribution < -0.4 is 5.32 Å². The summed E-state index contributed by atoms with van der Waals surface area (Å²) in [6.45, 7) is 7.69. The molecule has 0 saturated heterocycles. The van der Waals surface area contributed by atoms with Crippen LogP contribution in [0.1, 0.15) is 52.0 Å². The fourth-order valence-electron chi connectivity index (χ4n) is 1.74. The van der Waals surface area contributed by atoms with Crippen LogP contribution in [0.15, 0.2) is 30.3 Å². The van der Waals surface area contributed by atoms with Gasteiger partial charge in [-0.1, -0.05) is 44.9 Å². The first-order chi connectivity index (χ1) is 8.27. The van der Waals surface area contributed by atoms with Gasteiger partial charge in [-0.25, -0.2) is 0 Å². The summed E-state index contributed by atoms with van der Waals surface area (Å²) < 4.78 is 0. The lowest BCUT2D eigenvalue weighted by molar-refractivity contribution is 0.834. The second kappa shape index (κ2) is 7.94. The van der Waals surface area contributed by atoms with E-state index in [0.717, 1.165) is 6.54 Å². The average Bonchev–Trinajstić information content (AvgIpc) is 2.37. The van der Waals surface area contributed by atoms with Gasteiger partial charge in [0.1, 0.15) is 0 Å². The predicted molar refractivity (Wildman–Crippen MR) is 78.4 cm³/mol. The number of unbranched alkanes of at least 4 members (excludes halogenated alkanes) is 2. The van der Waals surface area contributed by atoms with Gasteiger partial charge in [0.15, 0.2) is 0 Å². The van der Waals surface area contributed by atoms with Crippen molar-refractivity contribution in [3.63, 3.8) is 0 Å². The van der Waals surface area contributed by atoms with E-state index in [0.29, 0.717) is 0 Å². The topological polar surface area (TPSA) is 12.0 Å². The zero-order chi connectivity index (χ0) is 12.5. The Balaban J connectivity index is 2.55. The Labute approximate surface area is 106 Å². The molecule has 0 aliphatic rings. The minimum atomic E-state index is 1.07. The Morgan fingerprint density at radius 3 is 2.41 bits per heavy atom. The Hall–Kier alpha value is -1.24. The molecule has 0 aliphatic heterocycles. The van der Waals surface area contributed by atoms with Gasteiger partial charge in [-0.05, 0) is 43.0 Å². The van der Waals surface area contributed by atoms with Crippen molar-refractivity contribution in [2.75, 3.05) is 11.9 Å². The van der Waals surface area contributed by atoms with Crippen LogP contribution in [0.4, 0.5) is 5.69 Å². The van der Waals surface area contributed by atoms with E-state index in [1.54, 1.807) is 0 Å². The van der Waals surface area contributed by atoms with Crippen molar-refractivity contribution >= 4 is 11.3 Å². The van der Waals surface area contributed by atoms with Gasteiger partial charge in [0, 0.05) is 12.2 Å². The van der Waals surface area contributed by atoms with Crippen molar-refractivity contribution in [2.24, 2.45) is 0 Å². The summed E-state index contributed by atoms with van der Waals surface area (Å²) in [5.41, 5.74) is 3.94. The molecule has 94 valence electrons. The van der Waals surface area contributed by atoms with Gasteiger partial charge in [0.25, 0.3) is 0 Å². The van der Waals surface area contributed by atoms with E-state index in [2.05, 4.69) is 56.4 Å². The molecule has 0 bridgehead atoms. The number of hydrogen-bond donors (Lipinski definition) is 1. The molecule has 17 heavy (non-hydrogen) atoms. The maximum atomic E-state index is 3.44. The van der Waals surface area contributed by atoms with Crippen LogP contribution in [-0.2, 0) is 0 Å². The minimum absolute atomic E-state index is 1.07. The molecule has 0 aliphatic carbocycles. The number of rotatable bonds is 7. The summed E-state index contributed by atoms with van der Waals surface area (Å²) in [5.74, 6) is 0. The normalized spacial score (nSPS) is 11.6. The molecule has 0 unspecified atom stereocenters. The van der Waals surface area contributed by atoms with Gasteiger partial charge in [-0.3, -0.25) is 0 Å². The van der Waals surface area contributed by atoms with Gasteiger partial charge in [0.05, 0.1) is 0 Å². The van der Waals surface area contributed by atoms with E-state index in [-0.39, 0.29) is 0 Å². The highest BCUT2D eigenvalue weighted by Gasteiger charge is 1.96. The molecule has 0 amide bonds. The van der Waals surface area contributed by atoms with Gasteiger partial charge in [-0.2, -0.15) is 0 Å². The summed E-state index contributed by atoms with van der Waals surface area (Å²) in [5, 5.41) is 3.44. The van der Waals surface area contributed by atoms with Crippen LogP contribution in [0.25, 0.3) is 5.57 Å². The highest BCUT2D eigenvalue weighted by molar-refractivity contribution is 5.65. The van der Waals surface area contributed by atoms with E-state index in [4.69, 9.17) is 0 Å². The summed E-state index contributed by atoms with van der Waals surface area (Å²) in [7, 11) is 0. The monoisotopic (exact) mass is 231 g/mol. The molecule has 1 N–H and O–H groups in total. The van der Waals surface area contributed by atoms with Crippen LogP contribution in [0, 0.1) is 0 Å². The van der Waals surface area contributed by atoms with E-state index < -0.39 is 0 Å². The first-order valence-corrected chi connectivity index (χ1v) is 6.79. The zero-order valence-corrected chi connectivity index (χ0v) is 11.4. The van der Waals surface area contributed by atoms with Crippen LogP contribution in [0.5, 0.6) is 0 Å². The van der Waals surface area contributed by atoms with Crippen LogP contribution in [0.3, 0.4) is 0 Å². The number of hydrogen-bond acceptors (Lipinski definition) is 1. The number of anilines is 1. The summed E-state index contributed by atoms with van der Waals surface area (Å²) in [6, 6.07) is 8.76. The fourth-order valence-corrected chi connectivity index (χ4v) is 1.74. The van der Waals surface area contributed by atoms with Crippen molar-refractivity contribution in [3.05, 3.63) is 35.9 Å². The lowest BCUT2D eigenvalue weighted by Gasteiger charge is -2.07. The first kappa shape index (κ1) is 13.8. The summed E-state index contributed by atoms with van der Waals surface area (Å²) in [6.07, 6.45) is 7.18. The quantitative estimate of drug-likeness (QED) is 0.644. The van der Waals surface area contributed by atoms with Crippen molar-refractivity contribution in [2.45, 2.75) is 46.5 Å². The number of benzene rings is 1. The third-order valence-corrected chi connectivity index (χ3v) is 2.94. The zero-order valence-electron chi connectivity index (χ0n) is 11.4. The van der Waals surface area contributed by atoms with Crippen molar-refractivity contribution in [1.82, 2.24) is 0 Å². The largest absolute Gasteiger partial charge is 0.385 e. The molecule has 1 aromatic carbocycles. The Kier molecular flexibility index (Phi) is 6.46. The van der Waals surface area contributed by atoms with Crippen molar-refractivity contribution in [3.8, 4) is 0 Å². The molecule has 0 fully saturated rings. The highest BCUT2D eigenvalue weighted by atomic mass is 14.9. The lowest BCUT2D eigenvalue weighted by Crippen LogP contribution is -2.00. The second-order valence-corrected chi connectivity index (χ2v) is 4.53. The van der Waals surface area contributed by atoms with Gasteiger partial charge < -0.3 is 5.32 Å². The van der Waals surface area contributed by atoms with E-state index in [9.17, 15) is 0 Å². The Morgan fingerprint density at radius 2 is 1.82 bits per heavy atom. The van der Waals surface area contributed by atoms with E-state index in [1.165, 1.54) is 42.5 Å². The number of allylic oxidation sites excluding steroid dienone is 2. The predicted octanol–water partition coefficient (Wildman–Crippen LogP) is 5.10. The third kappa shape index (κ3) is 5.08. The molecule has 1 nitrogen and oxygen atoms in total. The van der Waals surface area contributed by atoms with Crippen LogP contribution >= 0.6 is 0 Å². The SMILES string of the molecule is CCC/C=C(\C)c1ccc(NCCCC)cc1. The molecule has 0 heterocycles. The van der Waals surface area contributed by atoms with Crippen molar-refractivity contribution < 1.29 is 0 Å². The minimum Gasteiger partial charge on any atom is -0.385 e. The van der Waals surface area contributed by atoms with Crippen molar-refractivity contribution in [1.29, 1.82) is 0 Å². The smallest absolute Gasteiger partial charge is 0.0340 e. The molecule has 1 rings (SSSR count). The van der Waals surface area contributed by atoms with Crippen LogP contribution in [0.2, 0.25) is 0 Å². The molecule has 0 aromatic heterocycles. The van der Waals surface area contributed by atoms with Gasteiger partial charge in [-0.15, -0.1) is 0 Å². The summed E-state index contributed by atoms with van der Waals surface area (Å²) >= 11 is 0. The Morgan fingerprint density at radius 1 is 1.12 bits per heavy atom. The van der Waals surface area contributed by atoms with Gasteiger partial charge >= 0.3 is 0 Å². The number of nitrogens with one attached hydrogen (secondary N) is 1. The molecule has 1 heteroatoms. The molecular weight excluding hydrogens is 206 g/mol. The molecule has 1 aromatic rings. The van der Waals surface area contributed by atoms with E-state index in [1.807, 2.05) is 0 Å². The maximum Gasteiger partial charge on any atom is 0.0340 e. The fraction of sp³-hybridized carbons (Fsp3) is 0.500. The van der Waals surface area contributed by atoms with E-state index >= 15 is 0 Å². The molecule has 0 spiro atoms. The third-order valence-electron chi connectivity index (χ3n) is 2.94. The van der Waals surface area contributed by atoms with Crippen LogP contribution in [-0.4, -0.2) is 6.54 Å². The first-order valence-electron chi connectivity index (χ1n) is 6.79. The Bertz CT molecular complexity index is 335. The molecule has 0 atom stereocenters. The maximum absolute atomic E-state index is 3.44. The second-order valence-electron chi connectivity index (χ2n) is 4.53. The lowest BCUT2D eigenvalue weighted by atomic mass is 10.1. The average molecular weight is 231 g/mol. The summed E-state index contributed by atoms with van der Waals surface area (Å²) in [4.78, 5) is 0. The molecule has 0 radical (unpaired) electrons. The standard InChI is InChI=1S/C16H25N/c1-4-6-8-14(3)15-9-11-16(12-10-15)17-13-7-5-2/h8-12,17H,4-7,13H2,1-3H3/b14-8+.